The molecule has 1 amide bonds. The van der Waals surface area contributed by atoms with E-state index in [1.165, 1.54) is 10.1 Å². The van der Waals surface area contributed by atoms with Crippen molar-refractivity contribution in [3.05, 3.63) is 105 Å². The number of carbonyl (C=O) groups is 1. The molecule has 4 rings (SSSR count). The molecule has 0 bridgehead atoms. The molecule has 3 N–H and O–H groups in total. The van der Waals surface area contributed by atoms with Crippen LogP contribution in [0, 0.1) is 0 Å². The summed E-state index contributed by atoms with van der Waals surface area (Å²) >= 11 is 0. The largest absolute Gasteiger partial charge is 0.379 e. The number of H-pyrrole nitrogens is 1. The number of benzene rings is 3. The van der Waals surface area contributed by atoms with E-state index in [1.54, 1.807) is 25.1 Å². The highest BCUT2D eigenvalue weighted by atomic mass is 16.2. The number of hydrogen-bond donors (Lipinski definition) is 3. The number of anilines is 2. The minimum absolute atomic E-state index is 0.150. The molecule has 0 aliphatic rings. The van der Waals surface area contributed by atoms with E-state index in [0.717, 1.165) is 5.69 Å². The highest BCUT2D eigenvalue weighted by Gasteiger charge is 2.11. The summed E-state index contributed by atoms with van der Waals surface area (Å²) in [6, 6.07) is 22.7. The number of amides is 1. The Hall–Kier alpha value is -4.13. The molecule has 7 heteroatoms. The Morgan fingerprint density at radius 2 is 1.66 bits per heavy atom. The van der Waals surface area contributed by atoms with E-state index in [-0.39, 0.29) is 11.9 Å². The highest BCUT2D eigenvalue weighted by molar-refractivity contribution is 6.05. The van der Waals surface area contributed by atoms with E-state index in [0.29, 0.717) is 28.8 Å². The zero-order chi connectivity index (χ0) is 22.7. The molecule has 0 radical (unpaired) electrons. The number of carbonyl (C=O) groups excluding carboxylic acids is 1. The zero-order valence-electron chi connectivity index (χ0n) is 17.9. The van der Waals surface area contributed by atoms with Gasteiger partial charge in [-0.25, -0.2) is 0 Å². The molecule has 0 fully saturated rings. The molecule has 162 valence electrons. The molecule has 7 nitrogen and oxygen atoms in total. The molecule has 1 aromatic heterocycles. The topological polar surface area (TPSA) is 96.0 Å². The summed E-state index contributed by atoms with van der Waals surface area (Å²) in [6.07, 6.45) is 0. The summed E-state index contributed by atoms with van der Waals surface area (Å²) in [5.41, 5.74) is 2.88. The van der Waals surface area contributed by atoms with Crippen molar-refractivity contribution in [3.8, 4) is 0 Å². The molecular formula is C25H24N4O3. The predicted octanol–water partition coefficient (Wildman–Crippen LogP) is 4.14. The number of aryl methyl sites for hydroxylation is 1. The summed E-state index contributed by atoms with van der Waals surface area (Å²) in [6.45, 7) is 4.25. The number of aromatic nitrogens is 2. The quantitative estimate of drug-likeness (QED) is 0.402. The lowest BCUT2D eigenvalue weighted by Gasteiger charge is -2.16. The van der Waals surface area contributed by atoms with Crippen LogP contribution in [0.4, 0.5) is 11.4 Å². The average molecular weight is 428 g/mol. The van der Waals surface area contributed by atoms with Crippen LogP contribution in [0.3, 0.4) is 0 Å². The van der Waals surface area contributed by atoms with Crippen LogP contribution in [0.5, 0.6) is 0 Å². The first-order valence-electron chi connectivity index (χ1n) is 10.5. The van der Waals surface area contributed by atoms with E-state index in [4.69, 9.17) is 0 Å². The second-order valence-electron chi connectivity index (χ2n) is 7.54. The van der Waals surface area contributed by atoms with Gasteiger partial charge in [-0.15, -0.1) is 0 Å². The SMILES string of the molecule is CCn1c(=O)c(=O)[nH]c2cc(C(=O)Nc3ccc(NC(C)c4ccccc4)cc3)ccc21. The van der Waals surface area contributed by atoms with Crippen molar-refractivity contribution in [1.29, 1.82) is 0 Å². The van der Waals surface area contributed by atoms with Crippen molar-refractivity contribution in [1.82, 2.24) is 9.55 Å². The van der Waals surface area contributed by atoms with E-state index >= 15 is 0 Å². The fourth-order valence-electron chi connectivity index (χ4n) is 3.66. The molecule has 0 saturated carbocycles. The summed E-state index contributed by atoms with van der Waals surface area (Å²) in [5.74, 6) is -0.305. The standard InChI is InChI=1S/C25H24N4O3/c1-3-29-22-14-9-18(15-21(22)28-24(31)25(29)32)23(30)27-20-12-10-19(11-13-20)26-16(2)17-7-5-4-6-8-17/h4-16,26H,3H2,1-2H3,(H,27,30)(H,28,31). The van der Waals surface area contributed by atoms with Gasteiger partial charge in [-0.2, -0.15) is 0 Å². The van der Waals surface area contributed by atoms with Gasteiger partial charge in [0.15, 0.2) is 0 Å². The molecular weight excluding hydrogens is 404 g/mol. The Morgan fingerprint density at radius 1 is 0.969 bits per heavy atom. The summed E-state index contributed by atoms with van der Waals surface area (Å²) in [5, 5.41) is 6.30. The fraction of sp³-hybridized carbons (Fsp3) is 0.160. The van der Waals surface area contributed by atoms with E-state index in [9.17, 15) is 14.4 Å². The lowest BCUT2D eigenvalue weighted by Crippen LogP contribution is -2.36. The van der Waals surface area contributed by atoms with Crippen molar-refractivity contribution < 1.29 is 4.79 Å². The number of hydrogen-bond acceptors (Lipinski definition) is 4. The Morgan fingerprint density at radius 3 is 2.34 bits per heavy atom. The normalized spacial score (nSPS) is 11.8. The van der Waals surface area contributed by atoms with Gasteiger partial charge < -0.3 is 20.2 Å². The van der Waals surface area contributed by atoms with Crippen LogP contribution in [-0.2, 0) is 6.54 Å². The molecule has 0 saturated heterocycles. The summed E-state index contributed by atoms with van der Waals surface area (Å²) in [7, 11) is 0. The Kier molecular flexibility index (Phi) is 5.89. The third-order valence-electron chi connectivity index (χ3n) is 5.38. The van der Waals surface area contributed by atoms with Gasteiger partial charge in [-0.1, -0.05) is 30.3 Å². The molecule has 1 unspecified atom stereocenters. The van der Waals surface area contributed by atoms with E-state index in [2.05, 4.69) is 34.7 Å². The highest BCUT2D eigenvalue weighted by Crippen LogP contribution is 2.21. The van der Waals surface area contributed by atoms with Crippen LogP contribution in [0.15, 0.2) is 82.4 Å². The van der Waals surface area contributed by atoms with Crippen molar-refractivity contribution >= 4 is 28.3 Å². The van der Waals surface area contributed by atoms with Gasteiger partial charge in [0.2, 0.25) is 0 Å². The van der Waals surface area contributed by atoms with Gasteiger partial charge in [0, 0.05) is 29.5 Å². The van der Waals surface area contributed by atoms with Crippen LogP contribution in [0.25, 0.3) is 11.0 Å². The van der Waals surface area contributed by atoms with Gasteiger partial charge >= 0.3 is 11.1 Å². The summed E-state index contributed by atoms with van der Waals surface area (Å²) in [4.78, 5) is 39.2. The Balaban J connectivity index is 1.49. The van der Waals surface area contributed by atoms with Gasteiger partial charge in [0.1, 0.15) is 0 Å². The second kappa shape index (κ2) is 8.93. The van der Waals surface area contributed by atoms with Gasteiger partial charge in [-0.05, 0) is 61.9 Å². The second-order valence-corrected chi connectivity index (χ2v) is 7.54. The molecule has 4 aromatic rings. The third kappa shape index (κ3) is 4.32. The van der Waals surface area contributed by atoms with Crippen molar-refractivity contribution in [3.63, 3.8) is 0 Å². The molecule has 0 aliphatic heterocycles. The number of nitrogens with one attached hydrogen (secondary N) is 3. The number of nitrogens with zero attached hydrogens (tertiary/aromatic N) is 1. The number of aromatic amines is 1. The fourth-order valence-corrected chi connectivity index (χ4v) is 3.66. The van der Waals surface area contributed by atoms with Gasteiger partial charge in [-0.3, -0.25) is 14.4 Å². The van der Waals surface area contributed by atoms with E-state index in [1.807, 2.05) is 42.5 Å². The lowest BCUT2D eigenvalue weighted by molar-refractivity contribution is 0.102. The van der Waals surface area contributed by atoms with Crippen molar-refractivity contribution in [2.45, 2.75) is 26.4 Å². The minimum atomic E-state index is -0.704. The first-order valence-corrected chi connectivity index (χ1v) is 10.5. The lowest BCUT2D eigenvalue weighted by atomic mass is 10.1. The molecule has 0 aliphatic carbocycles. The summed E-state index contributed by atoms with van der Waals surface area (Å²) < 4.78 is 1.39. The van der Waals surface area contributed by atoms with E-state index < -0.39 is 11.1 Å². The van der Waals surface area contributed by atoms with Gasteiger partial charge in [0.25, 0.3) is 5.91 Å². The van der Waals surface area contributed by atoms with Crippen LogP contribution >= 0.6 is 0 Å². The molecule has 1 heterocycles. The van der Waals surface area contributed by atoms with Crippen molar-refractivity contribution in [2.24, 2.45) is 0 Å². The predicted molar refractivity (Wildman–Crippen MR) is 127 cm³/mol. The van der Waals surface area contributed by atoms with Crippen molar-refractivity contribution in [2.75, 3.05) is 10.6 Å². The molecule has 32 heavy (non-hydrogen) atoms. The maximum atomic E-state index is 12.7. The van der Waals surface area contributed by atoms with Crippen LogP contribution in [0.1, 0.15) is 35.8 Å². The first kappa shape index (κ1) is 21.1. The first-order chi connectivity index (χ1) is 15.5. The molecule has 1 atom stereocenters. The number of rotatable bonds is 6. The smallest absolute Gasteiger partial charge is 0.316 e. The van der Waals surface area contributed by atoms with Crippen LogP contribution in [-0.4, -0.2) is 15.5 Å². The Bertz CT molecular complexity index is 1370. The maximum absolute atomic E-state index is 12.7. The maximum Gasteiger partial charge on any atom is 0.316 e. The minimum Gasteiger partial charge on any atom is -0.379 e. The van der Waals surface area contributed by atoms with Crippen LogP contribution < -0.4 is 21.8 Å². The monoisotopic (exact) mass is 428 g/mol. The third-order valence-corrected chi connectivity index (χ3v) is 5.38. The number of fused-ring (bicyclic) bond motifs is 1. The average Bonchev–Trinajstić information content (AvgIpc) is 2.81. The van der Waals surface area contributed by atoms with Gasteiger partial charge in [0.05, 0.1) is 11.0 Å². The molecule has 3 aromatic carbocycles. The van der Waals surface area contributed by atoms with Crippen LogP contribution in [0.2, 0.25) is 0 Å². The zero-order valence-corrected chi connectivity index (χ0v) is 17.9. The Labute approximate surface area is 184 Å². The molecule has 0 spiro atoms.